The highest BCUT2D eigenvalue weighted by Gasteiger charge is 2.35. The third-order valence-corrected chi connectivity index (χ3v) is 8.59. The third-order valence-electron chi connectivity index (χ3n) is 8.59. The molecule has 2 aromatic rings. The number of carbonyl (C=O) groups is 1. The molecule has 3 N–H and O–H groups in total. The predicted octanol–water partition coefficient (Wildman–Crippen LogP) is 5.40. The number of ether oxygens (including phenoxy) is 4. The number of amides is 1. The van der Waals surface area contributed by atoms with Crippen LogP contribution >= 0.6 is 0 Å². The van der Waals surface area contributed by atoms with E-state index in [-0.39, 0.29) is 12.3 Å². The van der Waals surface area contributed by atoms with E-state index in [1.807, 2.05) is 50.2 Å². The molecule has 4 atom stereocenters. The van der Waals surface area contributed by atoms with E-state index in [0.29, 0.717) is 30.7 Å². The molecular formula is C35H55N3O5. The number of methoxy groups -OCH3 is 2. The summed E-state index contributed by atoms with van der Waals surface area (Å²) in [7, 11) is 3.34. The lowest BCUT2D eigenvalue weighted by atomic mass is 9.91. The quantitative estimate of drug-likeness (QED) is 0.268. The zero-order valence-electron chi connectivity index (χ0n) is 27.1. The maximum absolute atomic E-state index is 11.1. The summed E-state index contributed by atoms with van der Waals surface area (Å²) < 4.78 is 23.4. The summed E-state index contributed by atoms with van der Waals surface area (Å²) in [5.41, 5.74) is 7.40. The minimum absolute atomic E-state index is 0.257. The smallest absolute Gasteiger partial charge is 0.221 e. The van der Waals surface area contributed by atoms with Crippen LogP contribution in [0.15, 0.2) is 42.5 Å². The van der Waals surface area contributed by atoms with Crippen molar-refractivity contribution in [2.75, 3.05) is 47.1 Å². The zero-order chi connectivity index (χ0) is 31.0. The number of nitrogens with one attached hydrogen (secondary N) is 1. The molecule has 1 amide bonds. The third kappa shape index (κ3) is 11.0. The molecule has 0 bridgehead atoms. The second-order valence-corrected chi connectivity index (χ2v) is 11.5. The molecule has 43 heavy (non-hydrogen) atoms. The fourth-order valence-corrected chi connectivity index (χ4v) is 6.08. The minimum Gasteiger partial charge on any atom is -0.493 e. The molecule has 1 unspecified atom stereocenters. The standard InChI is InChI=1S/C33H49N3O5.C2H6/c1-4-24(23-41-28-12-9-25(10-13-28)20-33(34)37)21-35-27-15-17-36(22-27)29-7-5-6-8-30(29)40-18-16-26-11-14-31(38-2)32(19-26)39-3;1-2/h9-14,19,24,27,29-30,35H,4-8,15-18,20-23H2,1-3H3,(H2,34,37);1-2H3/t24?,27-,29-,30-;/m1./s1. The zero-order valence-corrected chi connectivity index (χ0v) is 27.1. The maximum Gasteiger partial charge on any atom is 0.221 e. The molecule has 0 spiro atoms. The Bertz CT molecular complexity index is 1080. The van der Waals surface area contributed by atoms with Crippen molar-refractivity contribution in [3.8, 4) is 17.2 Å². The Labute approximate surface area is 259 Å². The van der Waals surface area contributed by atoms with Crippen LogP contribution in [-0.2, 0) is 22.4 Å². The topological polar surface area (TPSA) is 95.3 Å². The Morgan fingerprint density at radius 1 is 1.00 bits per heavy atom. The van der Waals surface area contributed by atoms with Crippen molar-refractivity contribution < 1.29 is 23.7 Å². The Morgan fingerprint density at radius 3 is 2.42 bits per heavy atom. The van der Waals surface area contributed by atoms with Gasteiger partial charge in [-0.15, -0.1) is 0 Å². The van der Waals surface area contributed by atoms with Gasteiger partial charge in [0.15, 0.2) is 11.5 Å². The van der Waals surface area contributed by atoms with E-state index in [9.17, 15) is 4.79 Å². The van der Waals surface area contributed by atoms with Crippen molar-refractivity contribution in [1.29, 1.82) is 0 Å². The van der Waals surface area contributed by atoms with E-state index in [2.05, 4.69) is 23.2 Å². The van der Waals surface area contributed by atoms with Gasteiger partial charge in [-0.05, 0) is 67.5 Å². The predicted molar refractivity (Wildman–Crippen MR) is 173 cm³/mol. The van der Waals surface area contributed by atoms with Crippen LogP contribution < -0.4 is 25.3 Å². The van der Waals surface area contributed by atoms with Crippen LogP contribution in [0.5, 0.6) is 17.2 Å². The number of carbonyl (C=O) groups excluding carboxylic acids is 1. The maximum atomic E-state index is 11.1. The summed E-state index contributed by atoms with van der Waals surface area (Å²) in [4.78, 5) is 13.8. The molecule has 0 aromatic heterocycles. The van der Waals surface area contributed by atoms with Gasteiger partial charge in [0.25, 0.3) is 0 Å². The first-order chi connectivity index (χ1) is 21.0. The van der Waals surface area contributed by atoms with Crippen molar-refractivity contribution >= 4 is 5.91 Å². The van der Waals surface area contributed by atoms with Gasteiger partial charge in [0.1, 0.15) is 5.75 Å². The summed E-state index contributed by atoms with van der Waals surface area (Å²) >= 11 is 0. The van der Waals surface area contributed by atoms with Crippen LogP contribution in [0.1, 0.15) is 70.4 Å². The highest BCUT2D eigenvalue weighted by Crippen LogP contribution is 2.30. The van der Waals surface area contributed by atoms with Crippen molar-refractivity contribution in [2.24, 2.45) is 11.7 Å². The average molecular weight is 598 g/mol. The average Bonchev–Trinajstić information content (AvgIpc) is 3.51. The first kappa shape index (κ1) is 34.7. The molecule has 1 heterocycles. The number of hydrogen-bond acceptors (Lipinski definition) is 7. The van der Waals surface area contributed by atoms with Gasteiger partial charge in [-0.3, -0.25) is 9.69 Å². The molecule has 1 aliphatic carbocycles. The van der Waals surface area contributed by atoms with Crippen molar-refractivity contribution in [2.45, 2.75) is 90.3 Å². The summed E-state index contributed by atoms with van der Waals surface area (Å²) in [5, 5.41) is 3.83. The molecule has 2 aromatic carbocycles. The number of nitrogens with zero attached hydrogens (tertiary/aromatic N) is 1. The van der Waals surface area contributed by atoms with Gasteiger partial charge in [-0.25, -0.2) is 0 Å². The van der Waals surface area contributed by atoms with E-state index >= 15 is 0 Å². The lowest BCUT2D eigenvalue weighted by molar-refractivity contribution is -0.117. The first-order valence-corrected chi connectivity index (χ1v) is 16.3. The molecule has 0 radical (unpaired) electrons. The second-order valence-electron chi connectivity index (χ2n) is 11.5. The van der Waals surface area contributed by atoms with Crippen LogP contribution in [0.4, 0.5) is 0 Å². The normalized spacial score (nSPS) is 21.0. The Hall–Kier alpha value is -2.81. The minimum atomic E-state index is -0.320. The molecule has 240 valence electrons. The fourth-order valence-electron chi connectivity index (χ4n) is 6.08. The molecule has 1 saturated carbocycles. The molecule has 8 heteroatoms. The second kappa shape index (κ2) is 18.8. The van der Waals surface area contributed by atoms with Crippen LogP contribution in [0.3, 0.4) is 0 Å². The van der Waals surface area contributed by atoms with Gasteiger partial charge >= 0.3 is 0 Å². The number of benzene rings is 2. The highest BCUT2D eigenvalue weighted by atomic mass is 16.5. The lowest BCUT2D eigenvalue weighted by Crippen LogP contribution is -2.47. The number of likely N-dealkylation sites (tertiary alicyclic amines) is 1. The van der Waals surface area contributed by atoms with E-state index in [1.165, 1.54) is 31.2 Å². The SMILES string of the molecule is CC.CCC(CN[C@@H]1CCN([C@@H]2CCCC[C@H]2OCCc2ccc(OC)c(OC)c2)C1)COc1ccc(CC(N)=O)cc1. The van der Waals surface area contributed by atoms with E-state index in [1.54, 1.807) is 14.2 Å². The van der Waals surface area contributed by atoms with E-state index in [4.69, 9.17) is 24.7 Å². The largest absolute Gasteiger partial charge is 0.493 e. The summed E-state index contributed by atoms with van der Waals surface area (Å²) in [6, 6.07) is 14.8. The number of primary amides is 1. The van der Waals surface area contributed by atoms with Gasteiger partial charge in [0.2, 0.25) is 5.91 Å². The van der Waals surface area contributed by atoms with Crippen LogP contribution in [0.2, 0.25) is 0 Å². The summed E-state index contributed by atoms with van der Waals surface area (Å²) in [6.45, 7) is 10.8. The number of hydrogen-bond donors (Lipinski definition) is 2. The van der Waals surface area contributed by atoms with Gasteiger partial charge in [-0.2, -0.15) is 0 Å². The lowest BCUT2D eigenvalue weighted by Gasteiger charge is -2.38. The van der Waals surface area contributed by atoms with Crippen LogP contribution in [0.25, 0.3) is 0 Å². The Kier molecular flexibility index (Phi) is 15.1. The molecule has 4 rings (SSSR count). The van der Waals surface area contributed by atoms with Gasteiger partial charge in [0, 0.05) is 37.6 Å². The van der Waals surface area contributed by atoms with Crippen LogP contribution in [0, 0.1) is 5.92 Å². The van der Waals surface area contributed by atoms with E-state index < -0.39 is 0 Å². The van der Waals surface area contributed by atoms with Crippen molar-refractivity contribution in [3.05, 3.63) is 53.6 Å². The molecular weight excluding hydrogens is 542 g/mol. The van der Waals surface area contributed by atoms with Gasteiger partial charge in [-0.1, -0.05) is 51.8 Å². The van der Waals surface area contributed by atoms with Crippen LogP contribution in [-0.4, -0.2) is 76.1 Å². The fraction of sp³-hybridized carbons (Fsp3) is 0.629. The number of rotatable bonds is 16. The Morgan fingerprint density at radius 2 is 1.72 bits per heavy atom. The number of nitrogens with two attached hydrogens (primary N) is 1. The van der Waals surface area contributed by atoms with Crippen molar-refractivity contribution in [3.63, 3.8) is 0 Å². The van der Waals surface area contributed by atoms with E-state index in [0.717, 1.165) is 68.3 Å². The summed E-state index contributed by atoms with van der Waals surface area (Å²) in [5.74, 6) is 2.48. The van der Waals surface area contributed by atoms with Gasteiger partial charge in [0.05, 0.1) is 40.0 Å². The highest BCUT2D eigenvalue weighted by molar-refractivity contribution is 5.76. The molecule has 1 saturated heterocycles. The molecule has 2 aliphatic rings. The Balaban J connectivity index is 0.00000248. The molecule has 8 nitrogen and oxygen atoms in total. The first-order valence-electron chi connectivity index (χ1n) is 16.3. The monoisotopic (exact) mass is 597 g/mol. The van der Waals surface area contributed by atoms with Gasteiger partial charge < -0.3 is 30.0 Å². The molecule has 1 aliphatic heterocycles. The molecule has 2 fully saturated rings. The summed E-state index contributed by atoms with van der Waals surface area (Å²) in [6.07, 6.45) is 8.55. The van der Waals surface area contributed by atoms with Crippen molar-refractivity contribution in [1.82, 2.24) is 10.2 Å².